The Bertz CT molecular complexity index is 201. The zero-order chi connectivity index (χ0) is 11.6. The van der Waals surface area contributed by atoms with Gasteiger partial charge in [-0.2, -0.15) is 0 Å². The van der Waals surface area contributed by atoms with Crippen LogP contribution in [0.3, 0.4) is 0 Å². The third-order valence-corrected chi connectivity index (χ3v) is 9.10. The highest BCUT2D eigenvalue weighted by atomic mass is 28.3. The minimum atomic E-state index is -1.40. The minimum Gasteiger partial charge on any atom is -0.300 e. The van der Waals surface area contributed by atoms with Gasteiger partial charge in [-0.15, -0.1) is 0 Å². The summed E-state index contributed by atoms with van der Waals surface area (Å²) in [5.74, 6) is 0.725. The predicted molar refractivity (Wildman–Crippen MR) is 66.5 cm³/mol. The van der Waals surface area contributed by atoms with E-state index < -0.39 is 8.07 Å². The van der Waals surface area contributed by atoms with Crippen LogP contribution in [0, 0.1) is 5.92 Å². The average Bonchev–Trinajstić information content (AvgIpc) is 2.00. The first kappa shape index (κ1) is 13.9. The summed E-state index contributed by atoms with van der Waals surface area (Å²) < 4.78 is 0. The van der Waals surface area contributed by atoms with E-state index in [2.05, 4.69) is 47.7 Å². The fraction of sp³-hybridized carbons (Fsp3) is 0.917. The van der Waals surface area contributed by atoms with Gasteiger partial charge in [0, 0.05) is 12.0 Å². The van der Waals surface area contributed by atoms with Crippen LogP contribution in [-0.2, 0) is 4.79 Å². The maximum atomic E-state index is 11.9. The van der Waals surface area contributed by atoms with Crippen LogP contribution in [-0.4, -0.2) is 13.9 Å². The molecule has 0 heterocycles. The third kappa shape index (κ3) is 3.56. The summed E-state index contributed by atoms with van der Waals surface area (Å²) in [6.07, 6.45) is 0.980. The van der Waals surface area contributed by atoms with Crippen molar-refractivity contribution in [2.75, 3.05) is 0 Å². The van der Waals surface area contributed by atoms with E-state index in [0.717, 1.165) is 12.5 Å². The second-order valence-corrected chi connectivity index (χ2v) is 11.7. The minimum absolute atomic E-state index is 0.254. The van der Waals surface area contributed by atoms with Gasteiger partial charge in [0.25, 0.3) is 0 Å². The molecule has 0 aliphatic heterocycles. The second kappa shape index (κ2) is 4.60. The van der Waals surface area contributed by atoms with E-state index in [1.807, 2.05) is 0 Å². The molecule has 0 radical (unpaired) electrons. The maximum Gasteiger partial charge on any atom is 0.133 e. The largest absolute Gasteiger partial charge is 0.300 e. The number of hydrogen-bond acceptors (Lipinski definition) is 1. The van der Waals surface area contributed by atoms with Crippen molar-refractivity contribution in [3.8, 4) is 0 Å². The third-order valence-electron chi connectivity index (χ3n) is 3.81. The second-order valence-electron chi connectivity index (χ2n) is 6.09. The fourth-order valence-electron chi connectivity index (χ4n) is 1.10. The van der Waals surface area contributed by atoms with Crippen molar-refractivity contribution in [3.05, 3.63) is 0 Å². The molecule has 0 saturated heterocycles. The highest BCUT2D eigenvalue weighted by Crippen LogP contribution is 2.39. The topological polar surface area (TPSA) is 17.1 Å². The molecule has 0 aromatic rings. The van der Waals surface area contributed by atoms with Crippen LogP contribution in [0.25, 0.3) is 0 Å². The number of hydrogen-bond donors (Lipinski definition) is 0. The molecule has 1 atom stereocenters. The van der Waals surface area contributed by atoms with E-state index in [0.29, 0.717) is 10.8 Å². The number of ketones is 1. The monoisotopic (exact) mass is 214 g/mol. The Kier molecular flexibility index (Phi) is 4.57. The molecule has 0 fully saturated rings. The van der Waals surface area contributed by atoms with Crippen LogP contribution in [0.4, 0.5) is 0 Å². The maximum absolute atomic E-state index is 11.9. The molecule has 0 aromatic carbocycles. The summed E-state index contributed by atoms with van der Waals surface area (Å²) in [6.45, 7) is 15.6. The molecule has 14 heavy (non-hydrogen) atoms. The van der Waals surface area contributed by atoms with Crippen molar-refractivity contribution in [1.29, 1.82) is 0 Å². The number of carbonyl (C=O) groups is 1. The van der Waals surface area contributed by atoms with Crippen molar-refractivity contribution in [1.82, 2.24) is 0 Å². The molecule has 0 aliphatic rings. The normalized spacial score (nSPS) is 15.4. The molecule has 1 nitrogen and oxygen atoms in total. The fourth-order valence-corrected chi connectivity index (χ4v) is 2.85. The molecule has 2 heteroatoms. The lowest BCUT2D eigenvalue weighted by molar-refractivity contribution is -0.120. The first-order chi connectivity index (χ1) is 6.12. The van der Waals surface area contributed by atoms with Crippen LogP contribution < -0.4 is 0 Å². The highest BCUT2D eigenvalue weighted by Gasteiger charge is 2.37. The van der Waals surface area contributed by atoms with Crippen molar-refractivity contribution in [2.45, 2.75) is 65.2 Å². The zero-order valence-electron chi connectivity index (χ0n) is 10.9. The summed E-state index contributed by atoms with van der Waals surface area (Å²) in [7, 11) is -1.40. The van der Waals surface area contributed by atoms with Gasteiger partial charge >= 0.3 is 0 Å². The van der Waals surface area contributed by atoms with Crippen molar-refractivity contribution in [2.24, 2.45) is 5.92 Å². The Balaban J connectivity index is 4.45. The standard InChI is InChI=1S/C12H26OSi/c1-8-10(2)11(13)9-14(6,7)12(3,4)5/h10H,8-9H2,1-7H3. The molecule has 84 valence electrons. The molecule has 0 saturated carbocycles. The van der Waals surface area contributed by atoms with E-state index in [1.54, 1.807) is 0 Å². The average molecular weight is 214 g/mol. The molecule has 0 N–H and O–H groups in total. The van der Waals surface area contributed by atoms with E-state index in [-0.39, 0.29) is 5.92 Å². The lowest BCUT2D eigenvalue weighted by Crippen LogP contribution is -2.40. The van der Waals surface area contributed by atoms with Crippen molar-refractivity contribution >= 4 is 13.9 Å². The molecular formula is C12H26OSi. The molecule has 0 aromatic heterocycles. The summed E-state index contributed by atoms with van der Waals surface area (Å²) in [5.41, 5.74) is 0. The molecule has 0 bridgehead atoms. The Morgan fingerprint density at radius 1 is 1.29 bits per heavy atom. The van der Waals surface area contributed by atoms with Gasteiger partial charge in [-0.1, -0.05) is 47.7 Å². The van der Waals surface area contributed by atoms with Crippen molar-refractivity contribution in [3.63, 3.8) is 0 Å². The van der Waals surface area contributed by atoms with E-state index in [9.17, 15) is 4.79 Å². The first-order valence-corrected chi connectivity index (χ1v) is 8.85. The molecule has 0 spiro atoms. The van der Waals surface area contributed by atoms with Crippen LogP contribution in [0.15, 0.2) is 0 Å². The van der Waals surface area contributed by atoms with Gasteiger partial charge in [0.05, 0.1) is 8.07 Å². The number of rotatable bonds is 4. The quantitative estimate of drug-likeness (QED) is 0.644. The molecule has 0 aliphatic carbocycles. The van der Waals surface area contributed by atoms with Gasteiger partial charge in [-0.3, -0.25) is 4.79 Å². The Hall–Kier alpha value is -0.113. The predicted octanol–water partition coefficient (Wildman–Crippen LogP) is 4.11. The van der Waals surface area contributed by atoms with E-state index in [1.165, 1.54) is 0 Å². The Morgan fingerprint density at radius 2 is 1.71 bits per heavy atom. The SMILES string of the molecule is CCC(C)C(=O)C[Si](C)(C)C(C)(C)C. The van der Waals surface area contributed by atoms with Crippen LogP contribution >= 0.6 is 0 Å². The summed E-state index contributed by atoms with van der Waals surface area (Å²) in [4.78, 5) is 11.9. The Labute approximate surface area is 90.3 Å². The van der Waals surface area contributed by atoms with Gasteiger partial charge in [-0.05, 0) is 11.5 Å². The van der Waals surface area contributed by atoms with Gasteiger partial charge in [0.15, 0.2) is 0 Å². The molecule has 1 unspecified atom stereocenters. The Morgan fingerprint density at radius 3 is 2.00 bits per heavy atom. The van der Waals surface area contributed by atoms with Crippen LogP contribution in [0.1, 0.15) is 41.0 Å². The molecular weight excluding hydrogens is 188 g/mol. The van der Waals surface area contributed by atoms with Crippen LogP contribution in [0.5, 0.6) is 0 Å². The lowest BCUT2D eigenvalue weighted by Gasteiger charge is -2.37. The molecule has 0 amide bonds. The summed E-state index contributed by atoms with van der Waals surface area (Å²) in [5, 5.41) is 0.329. The number of carbonyl (C=O) groups excluding carboxylic acids is 1. The van der Waals surface area contributed by atoms with Crippen LogP contribution in [0.2, 0.25) is 24.2 Å². The van der Waals surface area contributed by atoms with E-state index in [4.69, 9.17) is 0 Å². The highest BCUT2D eigenvalue weighted by molar-refractivity contribution is 6.82. The van der Waals surface area contributed by atoms with Crippen molar-refractivity contribution < 1.29 is 4.79 Å². The van der Waals surface area contributed by atoms with Gasteiger partial charge in [0.1, 0.15) is 5.78 Å². The first-order valence-electron chi connectivity index (χ1n) is 5.64. The van der Waals surface area contributed by atoms with Gasteiger partial charge in [0.2, 0.25) is 0 Å². The number of Topliss-reactive ketones (excluding diaryl/α,β-unsaturated/α-hetero) is 1. The summed E-state index contributed by atoms with van der Waals surface area (Å²) in [6, 6.07) is 0.839. The summed E-state index contributed by atoms with van der Waals surface area (Å²) >= 11 is 0. The zero-order valence-corrected chi connectivity index (χ0v) is 11.9. The van der Waals surface area contributed by atoms with E-state index >= 15 is 0 Å². The smallest absolute Gasteiger partial charge is 0.133 e. The molecule has 0 rings (SSSR count). The lowest BCUT2D eigenvalue weighted by atomic mass is 10.1. The van der Waals surface area contributed by atoms with Gasteiger partial charge < -0.3 is 0 Å². The van der Waals surface area contributed by atoms with Gasteiger partial charge in [-0.25, -0.2) is 0 Å².